The highest BCUT2D eigenvalue weighted by Gasteiger charge is 1.98. The second-order valence-electron chi connectivity index (χ2n) is 5.34. The highest BCUT2D eigenvalue weighted by molar-refractivity contribution is 5.68. The number of carbonyl (C=O) groups is 1. The summed E-state index contributed by atoms with van der Waals surface area (Å²) < 4.78 is 4.60. The lowest BCUT2D eigenvalue weighted by molar-refractivity contribution is -0.140. The van der Waals surface area contributed by atoms with Crippen molar-refractivity contribution in [3.05, 3.63) is 36.5 Å². The monoisotopic (exact) mass is 308 g/mol. The largest absolute Gasteiger partial charge is 0.469 e. The van der Waals surface area contributed by atoms with E-state index in [1.165, 1.54) is 13.5 Å². The van der Waals surface area contributed by atoms with E-state index >= 15 is 0 Å². The Morgan fingerprint density at radius 3 is 2.41 bits per heavy atom. The number of unbranched alkanes of at least 4 members (excludes halogenated alkanes) is 5. The van der Waals surface area contributed by atoms with Crippen molar-refractivity contribution in [3.8, 4) is 0 Å². The number of carbonyl (C=O) groups excluding carboxylic acids is 1. The fraction of sp³-hybridized carbons (Fsp3) is 0.632. The van der Waals surface area contributed by atoms with Crippen LogP contribution in [-0.2, 0) is 9.53 Å². The molecule has 126 valence electrons. The summed E-state index contributed by atoms with van der Waals surface area (Å²) in [6.07, 6.45) is 20.4. The van der Waals surface area contributed by atoms with Crippen LogP contribution in [0.2, 0.25) is 0 Å². The van der Waals surface area contributed by atoms with Gasteiger partial charge in [-0.2, -0.15) is 0 Å². The average molecular weight is 308 g/mol. The lowest BCUT2D eigenvalue weighted by Crippen LogP contribution is -1.99. The van der Waals surface area contributed by atoms with Gasteiger partial charge in [0, 0.05) is 6.42 Å². The molecule has 0 bridgehead atoms. The van der Waals surface area contributed by atoms with Gasteiger partial charge in [0.1, 0.15) is 0 Å². The second-order valence-corrected chi connectivity index (χ2v) is 5.34. The van der Waals surface area contributed by atoms with Gasteiger partial charge in [0.15, 0.2) is 0 Å². The zero-order valence-corrected chi connectivity index (χ0v) is 14.2. The lowest BCUT2D eigenvalue weighted by atomic mass is 10.1. The standard InChI is InChI=1S/C19H32O3/c1-3-4-5-9-12-15-18(20)16-13-10-7-6-8-11-14-17-19(21)22-2/h4-5,12-13,15-16,18,20H,3,6-11,14,17H2,1-2H3/b5-4-,15-12-,16-13-. The molecule has 0 aromatic heterocycles. The van der Waals surface area contributed by atoms with Crippen LogP contribution in [0, 0.1) is 0 Å². The minimum Gasteiger partial charge on any atom is -0.469 e. The Morgan fingerprint density at radius 2 is 1.68 bits per heavy atom. The number of hydrogen-bond acceptors (Lipinski definition) is 3. The molecule has 0 spiro atoms. The molecule has 0 saturated carbocycles. The van der Waals surface area contributed by atoms with Crippen molar-refractivity contribution in [1.82, 2.24) is 0 Å². The number of rotatable bonds is 13. The van der Waals surface area contributed by atoms with Crippen LogP contribution in [0.4, 0.5) is 0 Å². The molecule has 0 aromatic rings. The molecule has 0 radical (unpaired) electrons. The number of esters is 1. The number of allylic oxidation sites excluding steroid dienone is 4. The Bertz CT molecular complexity index is 343. The molecule has 3 heteroatoms. The van der Waals surface area contributed by atoms with E-state index in [9.17, 15) is 9.90 Å². The van der Waals surface area contributed by atoms with E-state index in [1.807, 2.05) is 24.3 Å². The fourth-order valence-electron chi connectivity index (χ4n) is 2.02. The van der Waals surface area contributed by atoms with Gasteiger partial charge in [-0.1, -0.05) is 62.6 Å². The molecule has 1 unspecified atom stereocenters. The van der Waals surface area contributed by atoms with Crippen molar-refractivity contribution >= 4 is 5.97 Å². The van der Waals surface area contributed by atoms with E-state index in [-0.39, 0.29) is 5.97 Å². The summed E-state index contributed by atoms with van der Waals surface area (Å²) in [5.41, 5.74) is 0. The zero-order chi connectivity index (χ0) is 16.5. The van der Waals surface area contributed by atoms with E-state index in [4.69, 9.17) is 0 Å². The summed E-state index contributed by atoms with van der Waals surface area (Å²) in [7, 11) is 1.43. The molecule has 0 saturated heterocycles. The van der Waals surface area contributed by atoms with Gasteiger partial charge in [0.2, 0.25) is 0 Å². The average Bonchev–Trinajstić information content (AvgIpc) is 2.52. The van der Waals surface area contributed by atoms with Crippen LogP contribution in [-0.4, -0.2) is 24.3 Å². The smallest absolute Gasteiger partial charge is 0.305 e. The molecule has 0 fully saturated rings. The normalized spacial score (nSPS) is 13.4. The Hall–Kier alpha value is -1.35. The van der Waals surface area contributed by atoms with E-state index < -0.39 is 6.10 Å². The highest BCUT2D eigenvalue weighted by atomic mass is 16.5. The Morgan fingerprint density at radius 1 is 1.00 bits per heavy atom. The maximum atomic E-state index is 10.9. The third-order valence-electron chi connectivity index (χ3n) is 3.32. The van der Waals surface area contributed by atoms with Gasteiger partial charge in [-0.3, -0.25) is 4.79 Å². The fourth-order valence-corrected chi connectivity index (χ4v) is 2.02. The van der Waals surface area contributed by atoms with Gasteiger partial charge in [0.05, 0.1) is 13.2 Å². The van der Waals surface area contributed by atoms with Gasteiger partial charge in [0.25, 0.3) is 0 Å². The first kappa shape index (κ1) is 20.6. The van der Waals surface area contributed by atoms with E-state index in [0.29, 0.717) is 6.42 Å². The molecule has 0 aliphatic heterocycles. The van der Waals surface area contributed by atoms with Gasteiger partial charge >= 0.3 is 5.97 Å². The molecular weight excluding hydrogens is 276 g/mol. The van der Waals surface area contributed by atoms with Crippen molar-refractivity contribution in [2.24, 2.45) is 0 Å². The number of methoxy groups -OCH3 is 1. The van der Waals surface area contributed by atoms with Gasteiger partial charge < -0.3 is 9.84 Å². The summed E-state index contributed by atoms with van der Waals surface area (Å²) in [4.78, 5) is 10.9. The summed E-state index contributed by atoms with van der Waals surface area (Å²) in [6, 6.07) is 0. The molecule has 1 N–H and O–H groups in total. The second kappa shape index (κ2) is 16.0. The maximum Gasteiger partial charge on any atom is 0.305 e. The van der Waals surface area contributed by atoms with E-state index in [2.05, 4.69) is 23.8 Å². The van der Waals surface area contributed by atoms with E-state index in [0.717, 1.165) is 44.9 Å². The van der Waals surface area contributed by atoms with Gasteiger partial charge in [-0.05, 0) is 32.1 Å². The maximum absolute atomic E-state index is 10.9. The summed E-state index contributed by atoms with van der Waals surface area (Å²) in [5.74, 6) is -0.116. The zero-order valence-electron chi connectivity index (χ0n) is 14.2. The quantitative estimate of drug-likeness (QED) is 0.304. The summed E-state index contributed by atoms with van der Waals surface area (Å²) in [6.45, 7) is 2.11. The van der Waals surface area contributed by atoms with Gasteiger partial charge in [-0.15, -0.1) is 0 Å². The molecule has 3 nitrogen and oxygen atoms in total. The van der Waals surface area contributed by atoms with Crippen LogP contribution in [0.3, 0.4) is 0 Å². The van der Waals surface area contributed by atoms with Crippen LogP contribution in [0.15, 0.2) is 36.5 Å². The first-order valence-corrected chi connectivity index (χ1v) is 8.44. The predicted molar refractivity (Wildman–Crippen MR) is 92.7 cm³/mol. The molecule has 0 heterocycles. The number of aliphatic hydroxyl groups excluding tert-OH is 1. The Balaban J connectivity index is 3.46. The van der Waals surface area contributed by atoms with Crippen LogP contribution in [0.5, 0.6) is 0 Å². The van der Waals surface area contributed by atoms with Crippen molar-refractivity contribution in [3.63, 3.8) is 0 Å². The SMILES string of the molecule is CC/C=C\C/C=C\C(O)/C=C\CCCCCCCC(=O)OC. The third kappa shape index (κ3) is 15.0. The minimum absolute atomic E-state index is 0.116. The minimum atomic E-state index is -0.477. The molecule has 0 aromatic carbocycles. The molecule has 0 aliphatic rings. The summed E-state index contributed by atoms with van der Waals surface area (Å²) in [5, 5.41) is 9.71. The summed E-state index contributed by atoms with van der Waals surface area (Å²) >= 11 is 0. The van der Waals surface area contributed by atoms with Crippen molar-refractivity contribution in [2.75, 3.05) is 7.11 Å². The Labute approximate surface area is 135 Å². The van der Waals surface area contributed by atoms with Crippen molar-refractivity contribution < 1.29 is 14.6 Å². The number of ether oxygens (including phenoxy) is 1. The predicted octanol–water partition coefficient (Wildman–Crippen LogP) is 4.72. The highest BCUT2D eigenvalue weighted by Crippen LogP contribution is 2.08. The number of aliphatic hydroxyl groups is 1. The lowest BCUT2D eigenvalue weighted by Gasteiger charge is -2.00. The number of hydrogen-bond donors (Lipinski definition) is 1. The van der Waals surface area contributed by atoms with Crippen LogP contribution in [0.1, 0.15) is 64.7 Å². The molecule has 22 heavy (non-hydrogen) atoms. The van der Waals surface area contributed by atoms with Gasteiger partial charge in [-0.25, -0.2) is 0 Å². The molecular formula is C19H32O3. The molecule has 1 atom stereocenters. The van der Waals surface area contributed by atoms with Crippen LogP contribution in [0.25, 0.3) is 0 Å². The van der Waals surface area contributed by atoms with Crippen LogP contribution >= 0.6 is 0 Å². The topological polar surface area (TPSA) is 46.5 Å². The van der Waals surface area contributed by atoms with Crippen molar-refractivity contribution in [1.29, 1.82) is 0 Å². The molecule has 0 aliphatic carbocycles. The first-order chi connectivity index (χ1) is 10.7. The van der Waals surface area contributed by atoms with Crippen LogP contribution < -0.4 is 0 Å². The molecule has 0 rings (SSSR count). The van der Waals surface area contributed by atoms with E-state index in [1.54, 1.807) is 0 Å². The third-order valence-corrected chi connectivity index (χ3v) is 3.32. The first-order valence-electron chi connectivity index (χ1n) is 8.44. The van der Waals surface area contributed by atoms with Crippen molar-refractivity contribution in [2.45, 2.75) is 70.8 Å². The Kier molecular flexibility index (Phi) is 15.0. The molecule has 0 amide bonds.